The van der Waals surface area contributed by atoms with Crippen molar-refractivity contribution in [3.63, 3.8) is 0 Å². The van der Waals surface area contributed by atoms with Crippen LogP contribution in [-0.2, 0) is 0 Å². The van der Waals surface area contributed by atoms with Gasteiger partial charge in [-0.2, -0.15) is 0 Å². The predicted molar refractivity (Wildman–Crippen MR) is 87.6 cm³/mol. The second-order valence-corrected chi connectivity index (χ2v) is 6.77. The predicted octanol–water partition coefficient (Wildman–Crippen LogP) is 3.00. The van der Waals surface area contributed by atoms with Gasteiger partial charge in [0.25, 0.3) is 5.91 Å². The Kier molecular flexibility index (Phi) is 5.65. The smallest absolute Gasteiger partial charge is 0.254 e. The summed E-state index contributed by atoms with van der Waals surface area (Å²) in [6, 6.07) is 5.15. The highest BCUT2D eigenvalue weighted by atomic mass is 79.9. The minimum atomic E-state index is -0.00803. The summed E-state index contributed by atoms with van der Waals surface area (Å²) in [5, 5.41) is 13.1. The molecule has 0 aromatic heterocycles. The first-order valence-electron chi connectivity index (χ1n) is 7.49. The van der Waals surface area contributed by atoms with Crippen molar-refractivity contribution in [2.75, 3.05) is 19.6 Å². The van der Waals surface area contributed by atoms with Crippen molar-refractivity contribution in [2.45, 2.75) is 32.7 Å². The largest absolute Gasteiger partial charge is 0.507 e. The van der Waals surface area contributed by atoms with Crippen molar-refractivity contribution >= 4 is 21.8 Å². The number of carbonyl (C=O) groups is 1. The Morgan fingerprint density at radius 1 is 1.43 bits per heavy atom. The molecule has 4 nitrogen and oxygen atoms in total. The molecular weight excluding hydrogens is 332 g/mol. The summed E-state index contributed by atoms with van der Waals surface area (Å²) in [4.78, 5) is 14.6. The molecular formula is C16H23BrN2O2. The van der Waals surface area contributed by atoms with E-state index in [0.717, 1.165) is 32.5 Å². The molecule has 0 spiro atoms. The number of hydrogen-bond donors (Lipinski definition) is 2. The first-order valence-corrected chi connectivity index (χ1v) is 8.28. The fraction of sp³-hybridized carbons (Fsp3) is 0.562. The minimum Gasteiger partial charge on any atom is -0.507 e. The summed E-state index contributed by atoms with van der Waals surface area (Å²) in [6.07, 6.45) is 2.23. The maximum absolute atomic E-state index is 12.7. The first-order chi connectivity index (χ1) is 9.99. The maximum atomic E-state index is 12.7. The molecule has 1 fully saturated rings. The number of amides is 1. The first kappa shape index (κ1) is 16.3. The van der Waals surface area contributed by atoms with Gasteiger partial charge in [0.05, 0.1) is 4.47 Å². The SMILES string of the molecule is CC(C)N(CC1CCNCC1)C(=O)c1ccc(Br)c(O)c1. The molecule has 0 saturated carbocycles. The van der Waals surface area contributed by atoms with Gasteiger partial charge in [0.2, 0.25) is 0 Å². The molecule has 0 radical (unpaired) electrons. The van der Waals surface area contributed by atoms with E-state index in [1.54, 1.807) is 12.1 Å². The van der Waals surface area contributed by atoms with Gasteiger partial charge >= 0.3 is 0 Å². The zero-order valence-corrected chi connectivity index (χ0v) is 14.2. The van der Waals surface area contributed by atoms with E-state index < -0.39 is 0 Å². The Bertz CT molecular complexity index is 499. The van der Waals surface area contributed by atoms with E-state index in [0.29, 0.717) is 16.0 Å². The number of halogens is 1. The molecule has 21 heavy (non-hydrogen) atoms. The van der Waals surface area contributed by atoms with Crippen LogP contribution >= 0.6 is 15.9 Å². The fourth-order valence-corrected chi connectivity index (χ4v) is 2.93. The maximum Gasteiger partial charge on any atom is 0.254 e. The summed E-state index contributed by atoms with van der Waals surface area (Å²) in [6.45, 7) is 6.93. The molecule has 1 saturated heterocycles. The van der Waals surface area contributed by atoms with Gasteiger partial charge in [-0.05, 0) is 79.8 Å². The lowest BCUT2D eigenvalue weighted by atomic mass is 9.96. The number of carbonyl (C=O) groups excluding carboxylic acids is 1. The number of phenolic OH excluding ortho intramolecular Hbond substituents is 1. The van der Waals surface area contributed by atoms with Gasteiger partial charge < -0.3 is 15.3 Å². The molecule has 0 bridgehead atoms. The van der Waals surface area contributed by atoms with Crippen LogP contribution in [0, 0.1) is 5.92 Å². The van der Waals surface area contributed by atoms with Gasteiger partial charge in [-0.15, -0.1) is 0 Å². The summed E-state index contributed by atoms with van der Waals surface area (Å²) in [7, 11) is 0. The Morgan fingerprint density at radius 2 is 2.10 bits per heavy atom. The molecule has 116 valence electrons. The highest BCUT2D eigenvalue weighted by Gasteiger charge is 2.24. The normalized spacial score (nSPS) is 16.2. The van der Waals surface area contributed by atoms with Gasteiger partial charge in [-0.3, -0.25) is 4.79 Å². The quantitative estimate of drug-likeness (QED) is 0.873. The van der Waals surface area contributed by atoms with E-state index in [4.69, 9.17) is 0 Å². The van der Waals surface area contributed by atoms with Gasteiger partial charge in [0.1, 0.15) is 5.75 Å². The number of nitrogens with one attached hydrogen (secondary N) is 1. The molecule has 1 heterocycles. The Labute approximate surface area is 134 Å². The molecule has 0 atom stereocenters. The van der Waals surface area contributed by atoms with Crippen molar-refractivity contribution in [2.24, 2.45) is 5.92 Å². The van der Waals surface area contributed by atoms with Gasteiger partial charge in [-0.1, -0.05) is 0 Å². The van der Waals surface area contributed by atoms with Gasteiger partial charge in [-0.25, -0.2) is 0 Å². The van der Waals surface area contributed by atoms with Crippen LogP contribution in [0.3, 0.4) is 0 Å². The molecule has 1 aromatic carbocycles. The van der Waals surface area contributed by atoms with Crippen molar-refractivity contribution in [1.82, 2.24) is 10.2 Å². The van der Waals surface area contributed by atoms with Gasteiger partial charge in [0.15, 0.2) is 0 Å². The van der Waals surface area contributed by atoms with E-state index in [2.05, 4.69) is 21.2 Å². The molecule has 1 aromatic rings. The van der Waals surface area contributed by atoms with Crippen LogP contribution in [0.4, 0.5) is 0 Å². The van der Waals surface area contributed by atoms with E-state index >= 15 is 0 Å². The molecule has 2 N–H and O–H groups in total. The lowest BCUT2D eigenvalue weighted by Gasteiger charge is -2.33. The average molecular weight is 355 g/mol. The van der Waals surface area contributed by atoms with Gasteiger partial charge in [0, 0.05) is 18.2 Å². The number of rotatable bonds is 4. The monoisotopic (exact) mass is 354 g/mol. The second kappa shape index (κ2) is 7.27. The Hall–Kier alpha value is -1.07. The lowest BCUT2D eigenvalue weighted by molar-refractivity contribution is 0.0657. The number of nitrogens with zero attached hydrogens (tertiary/aromatic N) is 1. The summed E-state index contributed by atoms with van der Waals surface area (Å²) >= 11 is 3.24. The van der Waals surface area contributed by atoms with Crippen LogP contribution in [0.25, 0.3) is 0 Å². The molecule has 0 aliphatic carbocycles. The number of hydrogen-bond acceptors (Lipinski definition) is 3. The standard InChI is InChI=1S/C16H23BrN2O2/c1-11(2)19(10-12-5-7-18-8-6-12)16(21)13-3-4-14(17)15(20)9-13/h3-4,9,11-12,18,20H,5-8,10H2,1-2H3. The number of aromatic hydroxyl groups is 1. The van der Waals surface area contributed by atoms with E-state index in [1.807, 2.05) is 18.7 Å². The minimum absolute atomic E-state index is 0.00803. The Morgan fingerprint density at radius 3 is 2.67 bits per heavy atom. The van der Waals surface area contributed by atoms with E-state index in [9.17, 15) is 9.90 Å². The molecule has 5 heteroatoms. The van der Waals surface area contributed by atoms with Crippen molar-refractivity contribution in [1.29, 1.82) is 0 Å². The third kappa shape index (κ3) is 4.20. The van der Waals surface area contributed by atoms with E-state index in [1.165, 1.54) is 6.07 Å². The van der Waals surface area contributed by atoms with Crippen molar-refractivity contribution in [3.05, 3.63) is 28.2 Å². The Balaban J connectivity index is 2.12. The summed E-state index contributed by atoms with van der Waals surface area (Å²) in [5.41, 5.74) is 0.540. The van der Waals surface area contributed by atoms with Crippen LogP contribution in [0.15, 0.2) is 22.7 Å². The lowest BCUT2D eigenvalue weighted by Crippen LogP contribution is -2.42. The van der Waals surface area contributed by atoms with Crippen LogP contribution in [0.5, 0.6) is 5.75 Å². The second-order valence-electron chi connectivity index (χ2n) is 5.91. The third-order valence-electron chi connectivity index (χ3n) is 3.99. The number of benzene rings is 1. The summed E-state index contributed by atoms with van der Waals surface area (Å²) in [5.74, 6) is 0.652. The van der Waals surface area contributed by atoms with Crippen LogP contribution in [0.1, 0.15) is 37.0 Å². The third-order valence-corrected chi connectivity index (χ3v) is 4.66. The number of piperidine rings is 1. The summed E-state index contributed by atoms with van der Waals surface area (Å²) < 4.78 is 0.605. The molecule has 2 rings (SSSR count). The zero-order valence-electron chi connectivity index (χ0n) is 12.6. The highest BCUT2D eigenvalue weighted by Crippen LogP contribution is 2.26. The fourth-order valence-electron chi connectivity index (χ4n) is 2.68. The molecule has 1 aliphatic heterocycles. The topological polar surface area (TPSA) is 52.6 Å². The number of phenols is 1. The molecule has 0 unspecified atom stereocenters. The zero-order chi connectivity index (χ0) is 15.4. The van der Waals surface area contributed by atoms with Crippen LogP contribution < -0.4 is 5.32 Å². The molecule has 1 aliphatic rings. The molecule has 1 amide bonds. The van der Waals surface area contributed by atoms with Crippen LogP contribution in [-0.4, -0.2) is 41.6 Å². The average Bonchev–Trinajstić information content (AvgIpc) is 2.47. The van der Waals surface area contributed by atoms with Crippen molar-refractivity contribution < 1.29 is 9.90 Å². The van der Waals surface area contributed by atoms with Crippen molar-refractivity contribution in [3.8, 4) is 5.75 Å². The highest BCUT2D eigenvalue weighted by molar-refractivity contribution is 9.10. The van der Waals surface area contributed by atoms with Crippen LogP contribution in [0.2, 0.25) is 0 Å². The van der Waals surface area contributed by atoms with E-state index in [-0.39, 0.29) is 17.7 Å².